The Morgan fingerprint density at radius 2 is 1.73 bits per heavy atom. The van der Waals surface area contributed by atoms with Crippen LogP contribution in [-0.4, -0.2) is 42.5 Å². The monoisotopic (exact) mass is 408 g/mol. The smallest absolute Gasteiger partial charge is 0.253 e. The standard InChI is InChI=1S/C25H32N2O3/c1-17(2)26-24(28)21-7-9-23(10-8-21)30-16-20-6-5-11-27(15-20)25(29)22-13-18(3)12-19(4)14-22/h7-10,12-14,17,20H,5-6,11,15-16H2,1-4H3,(H,26,28)/t20-/m1/s1. The van der Waals surface area contributed by atoms with Gasteiger partial charge in [-0.2, -0.15) is 0 Å². The molecule has 2 aromatic carbocycles. The highest BCUT2D eigenvalue weighted by molar-refractivity contribution is 5.95. The summed E-state index contributed by atoms with van der Waals surface area (Å²) in [6, 6.07) is 13.3. The molecule has 1 atom stereocenters. The zero-order chi connectivity index (χ0) is 21.7. The molecule has 1 N–H and O–H groups in total. The number of piperidine rings is 1. The van der Waals surface area contributed by atoms with Gasteiger partial charge in [-0.3, -0.25) is 9.59 Å². The summed E-state index contributed by atoms with van der Waals surface area (Å²) in [7, 11) is 0. The van der Waals surface area contributed by atoms with Gasteiger partial charge in [0.15, 0.2) is 0 Å². The molecule has 2 amide bonds. The number of benzene rings is 2. The van der Waals surface area contributed by atoms with E-state index in [0.29, 0.717) is 24.6 Å². The lowest BCUT2D eigenvalue weighted by Gasteiger charge is -2.33. The molecule has 1 fully saturated rings. The number of rotatable bonds is 6. The van der Waals surface area contributed by atoms with Gasteiger partial charge in [0.25, 0.3) is 11.8 Å². The third-order valence-corrected chi connectivity index (χ3v) is 5.30. The first-order chi connectivity index (χ1) is 14.3. The summed E-state index contributed by atoms with van der Waals surface area (Å²) in [5.74, 6) is 1.07. The number of nitrogens with zero attached hydrogens (tertiary/aromatic N) is 1. The third kappa shape index (κ3) is 5.85. The molecule has 1 aliphatic heterocycles. The van der Waals surface area contributed by atoms with Gasteiger partial charge in [-0.05, 0) is 76.9 Å². The molecule has 5 nitrogen and oxygen atoms in total. The Kier molecular flexibility index (Phi) is 7.14. The first-order valence-corrected chi connectivity index (χ1v) is 10.7. The van der Waals surface area contributed by atoms with E-state index >= 15 is 0 Å². The lowest BCUT2D eigenvalue weighted by molar-refractivity contribution is 0.0633. The van der Waals surface area contributed by atoms with Crippen molar-refractivity contribution < 1.29 is 14.3 Å². The summed E-state index contributed by atoms with van der Waals surface area (Å²) in [5.41, 5.74) is 3.62. The summed E-state index contributed by atoms with van der Waals surface area (Å²) >= 11 is 0. The van der Waals surface area contributed by atoms with Gasteiger partial charge in [0.05, 0.1) is 6.61 Å². The van der Waals surface area contributed by atoms with Crippen LogP contribution in [0.3, 0.4) is 0 Å². The minimum absolute atomic E-state index is 0.0793. The molecule has 1 heterocycles. The molecule has 2 aromatic rings. The average Bonchev–Trinajstić information content (AvgIpc) is 2.71. The number of hydrogen-bond donors (Lipinski definition) is 1. The number of amides is 2. The lowest BCUT2D eigenvalue weighted by Crippen LogP contribution is -2.41. The highest BCUT2D eigenvalue weighted by Crippen LogP contribution is 2.21. The van der Waals surface area contributed by atoms with Crippen LogP contribution in [0.25, 0.3) is 0 Å². The number of likely N-dealkylation sites (tertiary alicyclic amines) is 1. The van der Waals surface area contributed by atoms with E-state index in [1.165, 1.54) is 0 Å². The summed E-state index contributed by atoms with van der Waals surface area (Å²) in [6.45, 7) is 9.99. The van der Waals surface area contributed by atoms with Crippen LogP contribution in [0.15, 0.2) is 42.5 Å². The molecule has 0 saturated carbocycles. The van der Waals surface area contributed by atoms with E-state index in [0.717, 1.165) is 41.8 Å². The maximum atomic E-state index is 12.9. The molecule has 30 heavy (non-hydrogen) atoms. The summed E-state index contributed by atoms with van der Waals surface area (Å²) < 4.78 is 5.96. The minimum atomic E-state index is -0.0793. The van der Waals surface area contributed by atoms with Crippen molar-refractivity contribution >= 4 is 11.8 Å². The number of carbonyl (C=O) groups is 2. The fourth-order valence-corrected chi connectivity index (χ4v) is 3.93. The Labute approximate surface area is 179 Å². The van der Waals surface area contributed by atoms with E-state index in [9.17, 15) is 9.59 Å². The van der Waals surface area contributed by atoms with Crippen molar-refractivity contribution in [3.63, 3.8) is 0 Å². The predicted molar refractivity (Wildman–Crippen MR) is 119 cm³/mol. The van der Waals surface area contributed by atoms with Crippen molar-refractivity contribution in [1.29, 1.82) is 0 Å². The molecule has 1 aliphatic rings. The maximum absolute atomic E-state index is 12.9. The van der Waals surface area contributed by atoms with Crippen LogP contribution in [0.5, 0.6) is 5.75 Å². The van der Waals surface area contributed by atoms with E-state index in [1.807, 2.05) is 56.9 Å². The molecular formula is C25H32N2O3. The van der Waals surface area contributed by atoms with E-state index in [2.05, 4.69) is 11.4 Å². The second-order valence-corrected chi connectivity index (χ2v) is 8.60. The second-order valence-electron chi connectivity index (χ2n) is 8.60. The van der Waals surface area contributed by atoms with Crippen LogP contribution in [0.4, 0.5) is 0 Å². The Morgan fingerprint density at radius 1 is 1.07 bits per heavy atom. The van der Waals surface area contributed by atoms with Crippen molar-refractivity contribution in [2.24, 2.45) is 5.92 Å². The minimum Gasteiger partial charge on any atom is -0.493 e. The van der Waals surface area contributed by atoms with Gasteiger partial charge in [-0.25, -0.2) is 0 Å². The van der Waals surface area contributed by atoms with Crippen LogP contribution in [0.2, 0.25) is 0 Å². The first kappa shape index (κ1) is 21.9. The summed E-state index contributed by atoms with van der Waals surface area (Å²) in [6.07, 6.45) is 2.03. The number of nitrogens with one attached hydrogen (secondary N) is 1. The normalized spacial score (nSPS) is 16.4. The van der Waals surface area contributed by atoms with Gasteiger partial charge >= 0.3 is 0 Å². The zero-order valence-corrected chi connectivity index (χ0v) is 18.4. The van der Waals surface area contributed by atoms with Gasteiger partial charge in [0.1, 0.15) is 5.75 Å². The molecule has 1 saturated heterocycles. The van der Waals surface area contributed by atoms with Gasteiger partial charge in [-0.15, -0.1) is 0 Å². The van der Waals surface area contributed by atoms with E-state index < -0.39 is 0 Å². The lowest BCUT2D eigenvalue weighted by atomic mass is 9.97. The van der Waals surface area contributed by atoms with Crippen molar-refractivity contribution in [2.75, 3.05) is 19.7 Å². The fourth-order valence-electron chi connectivity index (χ4n) is 3.93. The Bertz CT molecular complexity index is 870. The third-order valence-electron chi connectivity index (χ3n) is 5.30. The van der Waals surface area contributed by atoms with E-state index in [-0.39, 0.29) is 17.9 Å². The van der Waals surface area contributed by atoms with Gasteiger partial charge in [0.2, 0.25) is 0 Å². The van der Waals surface area contributed by atoms with Crippen LogP contribution >= 0.6 is 0 Å². The molecule has 0 aromatic heterocycles. The largest absolute Gasteiger partial charge is 0.493 e. The molecular weight excluding hydrogens is 376 g/mol. The van der Waals surface area contributed by atoms with Gasteiger partial charge in [0, 0.05) is 36.2 Å². The highest BCUT2D eigenvalue weighted by atomic mass is 16.5. The molecule has 0 aliphatic carbocycles. The molecule has 0 spiro atoms. The van der Waals surface area contributed by atoms with Crippen LogP contribution in [-0.2, 0) is 0 Å². The van der Waals surface area contributed by atoms with Crippen molar-refractivity contribution in [1.82, 2.24) is 10.2 Å². The molecule has 0 unspecified atom stereocenters. The SMILES string of the molecule is Cc1cc(C)cc(C(=O)N2CCC[C@@H](COc3ccc(C(=O)NC(C)C)cc3)C2)c1. The van der Waals surface area contributed by atoms with Crippen LogP contribution in [0, 0.1) is 19.8 Å². The van der Waals surface area contributed by atoms with Crippen molar-refractivity contribution in [3.8, 4) is 5.75 Å². The quantitative estimate of drug-likeness (QED) is 0.772. The molecule has 5 heteroatoms. The van der Waals surface area contributed by atoms with Crippen molar-refractivity contribution in [2.45, 2.75) is 46.6 Å². The topological polar surface area (TPSA) is 58.6 Å². The number of aryl methyl sites for hydroxylation is 2. The highest BCUT2D eigenvalue weighted by Gasteiger charge is 2.25. The summed E-state index contributed by atoms with van der Waals surface area (Å²) in [4.78, 5) is 26.9. The van der Waals surface area contributed by atoms with Crippen LogP contribution in [0.1, 0.15) is 58.5 Å². The first-order valence-electron chi connectivity index (χ1n) is 10.7. The number of carbonyl (C=O) groups excluding carboxylic acids is 2. The van der Waals surface area contributed by atoms with Crippen LogP contribution < -0.4 is 10.1 Å². The Morgan fingerprint density at radius 3 is 2.37 bits per heavy atom. The van der Waals surface area contributed by atoms with Gasteiger partial charge < -0.3 is 15.0 Å². The molecule has 0 radical (unpaired) electrons. The predicted octanol–water partition coefficient (Wildman–Crippen LogP) is 4.37. The number of hydrogen-bond acceptors (Lipinski definition) is 3. The number of ether oxygens (including phenoxy) is 1. The molecule has 160 valence electrons. The Balaban J connectivity index is 1.55. The van der Waals surface area contributed by atoms with E-state index in [4.69, 9.17) is 4.74 Å². The molecule has 0 bridgehead atoms. The van der Waals surface area contributed by atoms with Crippen molar-refractivity contribution in [3.05, 3.63) is 64.7 Å². The second kappa shape index (κ2) is 9.79. The fraction of sp³-hybridized carbons (Fsp3) is 0.440. The van der Waals surface area contributed by atoms with E-state index in [1.54, 1.807) is 12.1 Å². The van der Waals surface area contributed by atoms with Gasteiger partial charge in [-0.1, -0.05) is 17.2 Å². The average molecular weight is 409 g/mol. The zero-order valence-electron chi connectivity index (χ0n) is 18.4. The maximum Gasteiger partial charge on any atom is 0.253 e. The summed E-state index contributed by atoms with van der Waals surface area (Å²) in [5, 5.41) is 2.88. The molecule has 3 rings (SSSR count). The Hall–Kier alpha value is -2.82.